The van der Waals surface area contributed by atoms with E-state index >= 15 is 0 Å². The van der Waals surface area contributed by atoms with Crippen LogP contribution in [0.1, 0.15) is 36.3 Å². The van der Waals surface area contributed by atoms with Crippen molar-refractivity contribution in [2.24, 2.45) is 0 Å². The van der Waals surface area contributed by atoms with Crippen LogP contribution in [0.2, 0.25) is 0 Å². The van der Waals surface area contributed by atoms with Gasteiger partial charge in [-0.25, -0.2) is 4.68 Å². The van der Waals surface area contributed by atoms with Gasteiger partial charge in [-0.15, -0.1) is 0 Å². The molecule has 1 aliphatic rings. The average molecular weight is 476 g/mol. The van der Waals surface area contributed by atoms with E-state index in [0.29, 0.717) is 62.3 Å². The highest BCUT2D eigenvalue weighted by molar-refractivity contribution is 6.04. The van der Waals surface area contributed by atoms with E-state index in [1.165, 1.54) is 4.68 Å². The van der Waals surface area contributed by atoms with Crippen molar-refractivity contribution < 1.29 is 9.59 Å². The van der Waals surface area contributed by atoms with Crippen LogP contribution in [-0.2, 0) is 11.3 Å². The van der Waals surface area contributed by atoms with E-state index in [9.17, 15) is 14.4 Å². The minimum absolute atomic E-state index is 0.121. The Morgan fingerprint density at radius 1 is 0.886 bits per heavy atom. The third-order valence-corrected chi connectivity index (χ3v) is 6.60. The number of hydrogen-bond donors (Lipinski definition) is 0. The summed E-state index contributed by atoms with van der Waals surface area (Å²) >= 11 is 0. The maximum atomic E-state index is 13.7. The minimum Gasteiger partial charge on any atom is -0.342 e. The average Bonchev–Trinajstić information content (AvgIpc) is 3.12. The Bertz CT molecular complexity index is 1240. The van der Waals surface area contributed by atoms with Gasteiger partial charge in [0.2, 0.25) is 5.91 Å². The molecule has 35 heavy (non-hydrogen) atoms. The SMILES string of the molecule is CCN(CC)C(=O)CN1CCCN(C(=O)c2nn(Cc3ccccc3)c(=O)c3ccccc23)CC1. The van der Waals surface area contributed by atoms with E-state index in [-0.39, 0.29) is 17.4 Å². The molecule has 8 heteroatoms. The molecule has 0 atom stereocenters. The zero-order valence-electron chi connectivity index (χ0n) is 20.5. The Hall–Kier alpha value is -3.52. The van der Waals surface area contributed by atoms with Crippen LogP contribution in [-0.4, -0.2) is 82.1 Å². The van der Waals surface area contributed by atoms with Gasteiger partial charge in [-0.1, -0.05) is 48.5 Å². The van der Waals surface area contributed by atoms with Gasteiger partial charge in [-0.3, -0.25) is 19.3 Å². The molecule has 1 aliphatic heterocycles. The molecule has 2 amide bonds. The molecule has 2 heterocycles. The van der Waals surface area contributed by atoms with Crippen molar-refractivity contribution in [3.63, 3.8) is 0 Å². The summed E-state index contributed by atoms with van der Waals surface area (Å²) in [5.41, 5.74) is 1.03. The normalized spacial score (nSPS) is 14.6. The molecule has 8 nitrogen and oxygen atoms in total. The number of benzene rings is 2. The number of likely N-dealkylation sites (N-methyl/N-ethyl adjacent to an activating group) is 1. The van der Waals surface area contributed by atoms with E-state index in [4.69, 9.17) is 0 Å². The molecule has 1 fully saturated rings. The van der Waals surface area contributed by atoms with Gasteiger partial charge in [0.05, 0.1) is 18.5 Å². The first-order chi connectivity index (χ1) is 17.0. The molecular weight excluding hydrogens is 442 g/mol. The van der Waals surface area contributed by atoms with Crippen molar-refractivity contribution in [2.45, 2.75) is 26.8 Å². The Balaban J connectivity index is 1.57. The van der Waals surface area contributed by atoms with E-state index < -0.39 is 0 Å². The minimum atomic E-state index is -0.210. The first-order valence-electron chi connectivity index (χ1n) is 12.3. The van der Waals surface area contributed by atoms with Gasteiger partial charge in [0.1, 0.15) is 0 Å². The lowest BCUT2D eigenvalue weighted by atomic mass is 10.1. The van der Waals surface area contributed by atoms with Crippen molar-refractivity contribution in [2.75, 3.05) is 45.8 Å². The monoisotopic (exact) mass is 475 g/mol. The summed E-state index contributed by atoms with van der Waals surface area (Å²) in [6, 6.07) is 16.8. The third kappa shape index (κ3) is 5.59. The maximum absolute atomic E-state index is 13.7. The fourth-order valence-electron chi connectivity index (χ4n) is 4.61. The van der Waals surface area contributed by atoms with E-state index in [1.807, 2.05) is 61.2 Å². The molecule has 0 N–H and O–H groups in total. The standard InChI is InChI=1S/C27H33N5O3/c1-3-30(4-2)24(33)20-29-15-10-16-31(18-17-29)27(35)25-22-13-8-9-14-23(22)26(34)32(28-25)19-21-11-6-5-7-12-21/h5-9,11-14H,3-4,10,15-20H2,1-2H3. The number of nitrogens with zero attached hydrogens (tertiary/aromatic N) is 5. The third-order valence-electron chi connectivity index (χ3n) is 6.60. The zero-order valence-corrected chi connectivity index (χ0v) is 20.5. The van der Waals surface area contributed by atoms with Crippen LogP contribution in [0.25, 0.3) is 10.8 Å². The summed E-state index contributed by atoms with van der Waals surface area (Å²) in [4.78, 5) is 45.1. The fourth-order valence-corrected chi connectivity index (χ4v) is 4.61. The summed E-state index contributed by atoms with van der Waals surface area (Å²) < 4.78 is 1.39. The number of amides is 2. The van der Waals surface area contributed by atoms with Gasteiger partial charge in [0.25, 0.3) is 11.5 Å². The van der Waals surface area contributed by atoms with Gasteiger partial charge in [0, 0.05) is 44.7 Å². The van der Waals surface area contributed by atoms with Gasteiger partial charge in [0.15, 0.2) is 5.69 Å². The summed E-state index contributed by atoms with van der Waals surface area (Å²) in [5, 5.41) is 5.62. The van der Waals surface area contributed by atoms with Crippen molar-refractivity contribution in [1.29, 1.82) is 0 Å². The van der Waals surface area contributed by atoms with E-state index in [1.54, 1.807) is 17.0 Å². The molecule has 1 aromatic heterocycles. The molecule has 0 bridgehead atoms. The Morgan fingerprint density at radius 3 is 2.29 bits per heavy atom. The highest BCUT2D eigenvalue weighted by atomic mass is 16.2. The molecule has 0 spiro atoms. The topological polar surface area (TPSA) is 78.8 Å². The van der Waals surface area contributed by atoms with Crippen LogP contribution in [0.15, 0.2) is 59.4 Å². The predicted molar refractivity (Wildman–Crippen MR) is 136 cm³/mol. The molecule has 0 saturated carbocycles. The van der Waals surface area contributed by atoms with Crippen LogP contribution in [0, 0.1) is 0 Å². The quantitative estimate of drug-likeness (QED) is 0.525. The molecule has 0 radical (unpaired) electrons. The van der Waals surface area contributed by atoms with Gasteiger partial charge < -0.3 is 9.80 Å². The first-order valence-corrected chi connectivity index (χ1v) is 12.3. The summed E-state index contributed by atoms with van der Waals surface area (Å²) in [7, 11) is 0. The summed E-state index contributed by atoms with van der Waals surface area (Å²) in [6.07, 6.45) is 0.777. The van der Waals surface area contributed by atoms with Gasteiger partial charge >= 0.3 is 0 Å². The van der Waals surface area contributed by atoms with Crippen molar-refractivity contribution >= 4 is 22.6 Å². The molecular formula is C27H33N5O3. The van der Waals surface area contributed by atoms with E-state index in [2.05, 4.69) is 10.00 Å². The molecule has 184 valence electrons. The molecule has 1 saturated heterocycles. The smallest absolute Gasteiger partial charge is 0.274 e. The van der Waals surface area contributed by atoms with Crippen molar-refractivity contribution in [1.82, 2.24) is 24.5 Å². The zero-order chi connectivity index (χ0) is 24.8. The van der Waals surface area contributed by atoms with Gasteiger partial charge in [-0.05, 0) is 31.9 Å². The van der Waals surface area contributed by atoms with Crippen molar-refractivity contribution in [3.8, 4) is 0 Å². The fraction of sp³-hybridized carbons (Fsp3) is 0.407. The van der Waals surface area contributed by atoms with Crippen LogP contribution < -0.4 is 5.56 Å². The first kappa shape index (κ1) is 24.6. The molecule has 0 aliphatic carbocycles. The van der Waals surface area contributed by atoms with Gasteiger partial charge in [-0.2, -0.15) is 5.10 Å². The highest BCUT2D eigenvalue weighted by Crippen LogP contribution is 2.17. The largest absolute Gasteiger partial charge is 0.342 e. The number of carbonyl (C=O) groups excluding carboxylic acids is 2. The molecule has 3 aromatic rings. The lowest BCUT2D eigenvalue weighted by molar-refractivity contribution is -0.132. The second kappa shape index (κ2) is 11.3. The summed E-state index contributed by atoms with van der Waals surface area (Å²) in [6.45, 7) is 8.52. The highest BCUT2D eigenvalue weighted by Gasteiger charge is 2.25. The number of carbonyl (C=O) groups is 2. The number of hydrogen-bond acceptors (Lipinski definition) is 5. The molecule has 0 unspecified atom stereocenters. The lowest BCUT2D eigenvalue weighted by Gasteiger charge is -2.25. The van der Waals surface area contributed by atoms with Crippen LogP contribution in [0.3, 0.4) is 0 Å². The Kier molecular flexibility index (Phi) is 7.92. The van der Waals surface area contributed by atoms with Crippen LogP contribution in [0.4, 0.5) is 0 Å². The second-order valence-electron chi connectivity index (χ2n) is 8.83. The Morgan fingerprint density at radius 2 is 1.57 bits per heavy atom. The number of aromatic nitrogens is 2. The summed E-state index contributed by atoms with van der Waals surface area (Å²) in [5.74, 6) is -0.0599. The van der Waals surface area contributed by atoms with E-state index in [0.717, 1.165) is 18.5 Å². The van der Waals surface area contributed by atoms with Crippen LogP contribution in [0.5, 0.6) is 0 Å². The molecule has 4 rings (SSSR count). The molecule has 2 aromatic carbocycles. The Labute approximate surface area is 205 Å². The van der Waals surface area contributed by atoms with Crippen molar-refractivity contribution in [3.05, 3.63) is 76.2 Å². The maximum Gasteiger partial charge on any atom is 0.274 e. The number of fused-ring (bicyclic) bond motifs is 1. The number of rotatable bonds is 7. The predicted octanol–water partition coefficient (Wildman–Crippen LogP) is 2.46. The second-order valence-corrected chi connectivity index (χ2v) is 8.83. The van der Waals surface area contributed by atoms with Crippen LogP contribution >= 0.6 is 0 Å². The lowest BCUT2D eigenvalue weighted by Crippen LogP contribution is -2.42.